The number of allylic oxidation sites excluding steroid dienone is 4. The van der Waals surface area contributed by atoms with Crippen molar-refractivity contribution in [2.45, 2.75) is 83.5 Å². The number of Topliss-reactive ketones (excluding diaryl/α,β-unsaturated/α-hetero) is 1. The summed E-state index contributed by atoms with van der Waals surface area (Å²) >= 11 is 0. The smallest absolute Gasteiger partial charge is 0.190 e. The van der Waals surface area contributed by atoms with Gasteiger partial charge in [0, 0.05) is 16.7 Å². The first kappa shape index (κ1) is 23.7. The van der Waals surface area contributed by atoms with E-state index in [0.717, 1.165) is 6.08 Å². The SMILES string of the molecule is CC(C)OCC(=O)[C@@]1(O)[C@H](C)C[C@H]2[C@@H]3C[C@H](F)C4=CC(=O)C=C[C@]4(C)[C@@]3(F)[C@@H](O)C[C@@]21C. The molecule has 4 aliphatic carbocycles. The fourth-order valence-corrected chi connectivity index (χ4v) is 7.49. The van der Waals surface area contributed by atoms with Crippen LogP contribution in [0.5, 0.6) is 0 Å². The molecule has 3 fully saturated rings. The molecule has 0 saturated heterocycles. The van der Waals surface area contributed by atoms with Crippen LogP contribution in [-0.4, -0.2) is 58.0 Å². The summed E-state index contributed by atoms with van der Waals surface area (Å²) in [5.74, 6) is -2.80. The molecule has 4 aliphatic rings. The Morgan fingerprint density at radius 1 is 1.28 bits per heavy atom. The number of rotatable bonds is 4. The Morgan fingerprint density at radius 2 is 1.94 bits per heavy atom. The van der Waals surface area contributed by atoms with Gasteiger partial charge in [-0.3, -0.25) is 9.59 Å². The monoisotopic (exact) mass is 452 g/mol. The van der Waals surface area contributed by atoms with Crippen LogP contribution in [0.15, 0.2) is 23.8 Å². The molecule has 7 heteroatoms. The molecule has 0 aromatic carbocycles. The minimum absolute atomic E-state index is 0.0640. The number of carbonyl (C=O) groups is 2. The predicted molar refractivity (Wildman–Crippen MR) is 114 cm³/mol. The molecule has 32 heavy (non-hydrogen) atoms. The third-order valence-electron chi connectivity index (χ3n) is 9.18. The number of aliphatic hydroxyl groups is 2. The van der Waals surface area contributed by atoms with Crippen LogP contribution in [0.1, 0.15) is 53.9 Å². The van der Waals surface area contributed by atoms with Crippen molar-refractivity contribution in [2.24, 2.45) is 28.6 Å². The number of halogens is 2. The largest absolute Gasteiger partial charge is 0.390 e. The molecule has 0 unspecified atom stereocenters. The van der Waals surface area contributed by atoms with Crippen LogP contribution in [0.2, 0.25) is 0 Å². The molecular weight excluding hydrogens is 418 g/mol. The second kappa shape index (κ2) is 7.28. The summed E-state index contributed by atoms with van der Waals surface area (Å²) in [5, 5.41) is 23.0. The van der Waals surface area contributed by atoms with Crippen molar-refractivity contribution < 1.29 is 33.3 Å². The van der Waals surface area contributed by atoms with Gasteiger partial charge in [-0.05, 0) is 69.6 Å². The number of aliphatic hydroxyl groups excluding tert-OH is 1. The second-order valence-electron chi connectivity index (χ2n) is 11.0. The number of hydrogen-bond donors (Lipinski definition) is 2. The van der Waals surface area contributed by atoms with Gasteiger partial charge in [-0.2, -0.15) is 0 Å². The Labute approximate surface area is 187 Å². The first-order valence-electron chi connectivity index (χ1n) is 11.6. The van der Waals surface area contributed by atoms with Crippen LogP contribution >= 0.6 is 0 Å². The zero-order chi connectivity index (χ0) is 23.9. The molecular formula is C25H34F2O5. The third kappa shape index (κ3) is 2.77. The third-order valence-corrected chi connectivity index (χ3v) is 9.18. The van der Waals surface area contributed by atoms with E-state index in [1.165, 1.54) is 12.2 Å². The molecule has 0 bridgehead atoms. The second-order valence-corrected chi connectivity index (χ2v) is 11.0. The molecule has 5 nitrogen and oxygen atoms in total. The van der Waals surface area contributed by atoms with Gasteiger partial charge in [-0.15, -0.1) is 0 Å². The maximum Gasteiger partial charge on any atom is 0.190 e. The fraction of sp³-hybridized carbons (Fsp3) is 0.760. The Morgan fingerprint density at radius 3 is 2.56 bits per heavy atom. The van der Waals surface area contributed by atoms with E-state index in [2.05, 4.69) is 0 Å². The number of carbonyl (C=O) groups excluding carboxylic acids is 2. The highest BCUT2D eigenvalue weighted by Crippen LogP contribution is 2.70. The summed E-state index contributed by atoms with van der Waals surface area (Å²) in [6, 6.07) is 0. The number of ether oxygens (including phenoxy) is 1. The van der Waals surface area contributed by atoms with Crippen molar-refractivity contribution >= 4 is 11.6 Å². The number of alkyl halides is 2. The summed E-state index contributed by atoms with van der Waals surface area (Å²) in [7, 11) is 0. The molecule has 0 spiro atoms. The summed E-state index contributed by atoms with van der Waals surface area (Å²) in [6.07, 6.45) is 0.509. The number of hydrogen-bond acceptors (Lipinski definition) is 5. The van der Waals surface area contributed by atoms with Gasteiger partial charge in [0.2, 0.25) is 0 Å². The van der Waals surface area contributed by atoms with Crippen LogP contribution < -0.4 is 0 Å². The first-order valence-corrected chi connectivity index (χ1v) is 11.6. The van der Waals surface area contributed by atoms with E-state index in [0.29, 0.717) is 6.42 Å². The molecule has 0 aromatic heterocycles. The topological polar surface area (TPSA) is 83.8 Å². The van der Waals surface area contributed by atoms with E-state index < -0.39 is 63.7 Å². The standard InChI is InChI=1S/C25H34F2O5/c1-13(2)32-12-21(30)25(31)14(3)8-16-17-10-19(26)18-9-15(28)6-7-22(18,4)24(17,27)20(29)11-23(16,25)5/h6-7,9,13-14,16-17,19-20,29,31H,8,10-12H2,1-5H3/t14-,16+,17+,19+,20+,22+,23+,24+,25+/m1/s1. The summed E-state index contributed by atoms with van der Waals surface area (Å²) in [6.45, 7) is 8.32. The van der Waals surface area contributed by atoms with E-state index in [1.54, 1.807) is 34.6 Å². The highest BCUT2D eigenvalue weighted by atomic mass is 19.1. The van der Waals surface area contributed by atoms with Gasteiger partial charge in [0.15, 0.2) is 17.2 Å². The van der Waals surface area contributed by atoms with E-state index in [1.807, 2.05) is 0 Å². The Balaban J connectivity index is 1.78. The highest BCUT2D eigenvalue weighted by molar-refractivity contribution is 6.01. The van der Waals surface area contributed by atoms with Crippen LogP contribution in [0.4, 0.5) is 8.78 Å². The van der Waals surface area contributed by atoms with E-state index >= 15 is 8.78 Å². The van der Waals surface area contributed by atoms with E-state index in [-0.39, 0.29) is 31.1 Å². The molecule has 0 aliphatic heterocycles. The number of fused-ring (bicyclic) bond motifs is 5. The Kier molecular flexibility index (Phi) is 5.39. The fourth-order valence-electron chi connectivity index (χ4n) is 7.49. The zero-order valence-corrected chi connectivity index (χ0v) is 19.4. The van der Waals surface area contributed by atoms with Gasteiger partial charge in [0.25, 0.3) is 0 Å². The van der Waals surface area contributed by atoms with Crippen LogP contribution in [0.25, 0.3) is 0 Å². The predicted octanol–water partition coefficient (Wildman–Crippen LogP) is 3.28. The zero-order valence-electron chi connectivity index (χ0n) is 19.4. The van der Waals surface area contributed by atoms with Gasteiger partial charge in [0.1, 0.15) is 18.4 Å². The highest BCUT2D eigenvalue weighted by Gasteiger charge is 2.76. The van der Waals surface area contributed by atoms with Gasteiger partial charge >= 0.3 is 0 Å². The normalized spacial score (nSPS) is 50.0. The maximum atomic E-state index is 17.1. The van der Waals surface area contributed by atoms with Gasteiger partial charge in [-0.25, -0.2) is 8.78 Å². The van der Waals surface area contributed by atoms with Crippen molar-refractivity contribution in [1.29, 1.82) is 0 Å². The van der Waals surface area contributed by atoms with Crippen molar-refractivity contribution in [3.63, 3.8) is 0 Å². The molecule has 9 atom stereocenters. The van der Waals surface area contributed by atoms with E-state index in [9.17, 15) is 19.8 Å². The molecule has 178 valence electrons. The first-order chi connectivity index (χ1) is 14.7. The minimum Gasteiger partial charge on any atom is -0.390 e. The molecule has 0 heterocycles. The Bertz CT molecular complexity index is 899. The quantitative estimate of drug-likeness (QED) is 0.684. The van der Waals surface area contributed by atoms with Crippen molar-refractivity contribution in [3.8, 4) is 0 Å². The lowest BCUT2D eigenvalue weighted by Crippen LogP contribution is -2.70. The maximum absolute atomic E-state index is 17.1. The average Bonchev–Trinajstić information content (AvgIpc) is 2.91. The Hall–Kier alpha value is -1.44. The van der Waals surface area contributed by atoms with Crippen molar-refractivity contribution in [2.75, 3.05) is 6.61 Å². The summed E-state index contributed by atoms with van der Waals surface area (Å²) < 4.78 is 37.9. The van der Waals surface area contributed by atoms with Gasteiger partial charge in [0.05, 0.1) is 12.2 Å². The molecule has 0 aromatic rings. The van der Waals surface area contributed by atoms with Crippen molar-refractivity contribution in [1.82, 2.24) is 0 Å². The summed E-state index contributed by atoms with van der Waals surface area (Å²) in [5.41, 5.74) is -6.57. The van der Waals surface area contributed by atoms with Gasteiger partial charge < -0.3 is 14.9 Å². The van der Waals surface area contributed by atoms with E-state index in [4.69, 9.17) is 4.74 Å². The molecule has 3 saturated carbocycles. The van der Waals surface area contributed by atoms with Gasteiger partial charge in [-0.1, -0.05) is 19.9 Å². The molecule has 0 radical (unpaired) electrons. The lowest BCUT2D eigenvalue weighted by atomic mass is 9.44. The lowest BCUT2D eigenvalue weighted by Gasteiger charge is -2.63. The summed E-state index contributed by atoms with van der Waals surface area (Å²) in [4.78, 5) is 25.1. The molecule has 0 amide bonds. The molecule has 2 N–H and O–H groups in total. The lowest BCUT2D eigenvalue weighted by molar-refractivity contribution is -0.224. The molecule has 4 rings (SSSR count). The van der Waals surface area contributed by atoms with Crippen LogP contribution in [0.3, 0.4) is 0 Å². The van der Waals surface area contributed by atoms with Crippen LogP contribution in [-0.2, 0) is 14.3 Å². The van der Waals surface area contributed by atoms with Crippen LogP contribution in [0, 0.1) is 28.6 Å². The van der Waals surface area contributed by atoms with Crippen molar-refractivity contribution in [3.05, 3.63) is 23.8 Å². The number of ketones is 2. The average molecular weight is 453 g/mol. The minimum atomic E-state index is -2.22.